The number of primary amides is 1. The topological polar surface area (TPSA) is 49.6 Å². The highest BCUT2D eigenvalue weighted by Gasteiger charge is 2.52. The van der Waals surface area contributed by atoms with E-state index in [9.17, 15) is 4.79 Å². The van der Waals surface area contributed by atoms with Crippen molar-refractivity contribution in [3.63, 3.8) is 0 Å². The third kappa shape index (κ3) is 2.37. The van der Waals surface area contributed by atoms with Gasteiger partial charge in [0.25, 0.3) is 0 Å². The molecule has 2 bridgehead atoms. The van der Waals surface area contributed by atoms with Gasteiger partial charge in [-0.2, -0.15) is 0 Å². The average Bonchev–Trinajstić information content (AvgIpc) is 2.81. The molecule has 4 heterocycles. The van der Waals surface area contributed by atoms with Gasteiger partial charge in [0.15, 0.2) is 0 Å². The van der Waals surface area contributed by atoms with Crippen LogP contribution in [0.5, 0.6) is 0 Å². The van der Waals surface area contributed by atoms with Crippen LogP contribution in [-0.4, -0.2) is 54.0 Å². The molecule has 4 heteroatoms. The van der Waals surface area contributed by atoms with Crippen molar-refractivity contribution >= 4 is 5.91 Å². The zero-order valence-corrected chi connectivity index (χ0v) is 12.9. The van der Waals surface area contributed by atoms with Gasteiger partial charge in [-0.1, -0.05) is 13.8 Å². The van der Waals surface area contributed by atoms with E-state index in [4.69, 9.17) is 5.73 Å². The Morgan fingerprint density at radius 2 is 2.05 bits per heavy atom. The number of hydrogen-bond acceptors (Lipinski definition) is 3. The van der Waals surface area contributed by atoms with Gasteiger partial charge in [-0.3, -0.25) is 14.6 Å². The highest BCUT2D eigenvalue weighted by atomic mass is 16.1. The van der Waals surface area contributed by atoms with Gasteiger partial charge < -0.3 is 5.73 Å². The normalized spacial score (nSPS) is 41.6. The Morgan fingerprint density at radius 1 is 1.35 bits per heavy atom. The molecule has 4 aliphatic rings. The molecule has 1 amide bonds. The molecule has 0 aliphatic carbocycles. The third-order valence-electron chi connectivity index (χ3n) is 5.94. The molecule has 0 spiro atoms. The smallest absolute Gasteiger partial charge is 0.220 e. The van der Waals surface area contributed by atoms with Gasteiger partial charge in [-0.05, 0) is 57.2 Å². The fourth-order valence-corrected chi connectivity index (χ4v) is 4.91. The summed E-state index contributed by atoms with van der Waals surface area (Å²) in [5.41, 5.74) is 5.51. The zero-order valence-electron chi connectivity index (χ0n) is 12.9. The van der Waals surface area contributed by atoms with Crippen LogP contribution in [0.2, 0.25) is 0 Å². The lowest BCUT2D eigenvalue weighted by molar-refractivity contribution is -0.122. The fraction of sp³-hybridized carbons (Fsp3) is 0.938. The molecule has 0 radical (unpaired) electrons. The number of nitrogens with two attached hydrogens (primary N) is 1. The lowest BCUT2D eigenvalue weighted by Gasteiger charge is -2.49. The number of rotatable bonds is 5. The molecule has 114 valence electrons. The summed E-state index contributed by atoms with van der Waals surface area (Å²) in [6, 6.07) is 1.24. The van der Waals surface area contributed by atoms with E-state index in [1.54, 1.807) is 0 Å². The van der Waals surface area contributed by atoms with Crippen LogP contribution in [0.4, 0.5) is 0 Å². The first-order valence-corrected chi connectivity index (χ1v) is 8.39. The SMILES string of the molecule is CCCN1CC2C3CCN(CC3)C2C1CC(C)C(N)=O. The first-order valence-electron chi connectivity index (χ1n) is 8.39. The van der Waals surface area contributed by atoms with E-state index in [2.05, 4.69) is 16.7 Å². The van der Waals surface area contributed by atoms with Gasteiger partial charge in [-0.25, -0.2) is 0 Å². The van der Waals surface area contributed by atoms with Crippen molar-refractivity contribution in [1.29, 1.82) is 0 Å². The summed E-state index contributed by atoms with van der Waals surface area (Å²) in [7, 11) is 0. The quantitative estimate of drug-likeness (QED) is 0.825. The Labute approximate surface area is 122 Å². The summed E-state index contributed by atoms with van der Waals surface area (Å²) in [6.45, 7) is 9.21. The van der Waals surface area contributed by atoms with Crippen LogP contribution in [0.15, 0.2) is 0 Å². The minimum absolute atomic E-state index is 0.000223. The number of nitrogens with zero attached hydrogens (tertiary/aromatic N) is 2. The Kier molecular flexibility index (Phi) is 4.04. The summed E-state index contributed by atoms with van der Waals surface area (Å²) in [4.78, 5) is 16.8. The van der Waals surface area contributed by atoms with E-state index >= 15 is 0 Å². The molecule has 4 aliphatic heterocycles. The molecule has 0 aromatic heterocycles. The summed E-state index contributed by atoms with van der Waals surface area (Å²) >= 11 is 0. The van der Waals surface area contributed by atoms with Gasteiger partial charge in [0.05, 0.1) is 0 Å². The van der Waals surface area contributed by atoms with E-state index in [1.165, 1.54) is 45.4 Å². The van der Waals surface area contributed by atoms with E-state index in [0.717, 1.165) is 18.3 Å². The monoisotopic (exact) mass is 279 g/mol. The highest BCUT2D eigenvalue weighted by Crippen LogP contribution is 2.45. The van der Waals surface area contributed by atoms with Gasteiger partial charge >= 0.3 is 0 Å². The van der Waals surface area contributed by atoms with Crippen LogP contribution in [-0.2, 0) is 4.79 Å². The molecule has 4 atom stereocenters. The number of hydrogen-bond donors (Lipinski definition) is 1. The number of carbonyl (C=O) groups excluding carboxylic acids is 1. The van der Waals surface area contributed by atoms with Crippen LogP contribution in [0.3, 0.4) is 0 Å². The molecule has 4 fully saturated rings. The van der Waals surface area contributed by atoms with E-state index in [1.807, 2.05) is 6.92 Å². The Hall–Kier alpha value is -0.610. The third-order valence-corrected chi connectivity index (χ3v) is 5.94. The number of fused-ring (bicyclic) bond motifs is 2. The van der Waals surface area contributed by atoms with Gasteiger partial charge in [0, 0.05) is 24.5 Å². The molecular formula is C16H29N3O. The maximum absolute atomic E-state index is 11.5. The average molecular weight is 279 g/mol. The number of carbonyl (C=O) groups is 1. The Morgan fingerprint density at radius 3 is 2.65 bits per heavy atom. The van der Waals surface area contributed by atoms with Gasteiger partial charge in [0.1, 0.15) is 0 Å². The number of likely N-dealkylation sites (tertiary alicyclic amines) is 1. The molecule has 2 N–H and O–H groups in total. The summed E-state index contributed by atoms with van der Waals surface area (Å²) in [6.07, 6.45) is 4.92. The molecular weight excluding hydrogens is 250 g/mol. The Balaban J connectivity index is 1.78. The lowest BCUT2D eigenvalue weighted by Crippen LogP contribution is -2.57. The van der Waals surface area contributed by atoms with Gasteiger partial charge in [-0.15, -0.1) is 0 Å². The first kappa shape index (κ1) is 14.3. The predicted octanol–water partition coefficient (Wildman–Crippen LogP) is 1.30. The maximum atomic E-state index is 11.5. The molecule has 4 rings (SSSR count). The van der Waals surface area contributed by atoms with E-state index < -0.39 is 0 Å². The summed E-state index contributed by atoms with van der Waals surface area (Å²) < 4.78 is 0. The van der Waals surface area contributed by atoms with Crippen molar-refractivity contribution in [3.8, 4) is 0 Å². The van der Waals surface area contributed by atoms with Crippen LogP contribution in [0.25, 0.3) is 0 Å². The second-order valence-corrected chi connectivity index (χ2v) is 7.13. The van der Waals surface area contributed by atoms with E-state index in [0.29, 0.717) is 12.1 Å². The minimum atomic E-state index is -0.138. The van der Waals surface area contributed by atoms with Crippen molar-refractivity contribution in [2.24, 2.45) is 23.5 Å². The van der Waals surface area contributed by atoms with Crippen LogP contribution < -0.4 is 5.73 Å². The van der Waals surface area contributed by atoms with Crippen molar-refractivity contribution in [3.05, 3.63) is 0 Å². The number of piperidine rings is 3. The Bertz CT molecular complexity index is 365. The van der Waals surface area contributed by atoms with Crippen molar-refractivity contribution in [2.75, 3.05) is 26.2 Å². The molecule has 20 heavy (non-hydrogen) atoms. The zero-order chi connectivity index (χ0) is 14.3. The summed E-state index contributed by atoms with van der Waals surface area (Å²) in [5, 5.41) is 0. The molecule has 0 aromatic rings. The van der Waals surface area contributed by atoms with Gasteiger partial charge in [0.2, 0.25) is 5.91 Å². The standard InChI is InChI=1S/C16H29N3O/c1-3-6-19-10-13-12-4-7-18(8-5-12)15(13)14(19)9-11(2)16(17)20/h11-15H,3-10H2,1-2H3,(H2,17,20). The fourth-order valence-electron chi connectivity index (χ4n) is 4.91. The summed E-state index contributed by atoms with van der Waals surface area (Å²) in [5.74, 6) is 1.63. The minimum Gasteiger partial charge on any atom is -0.369 e. The largest absolute Gasteiger partial charge is 0.369 e. The highest BCUT2D eigenvalue weighted by molar-refractivity contribution is 5.76. The second-order valence-electron chi connectivity index (χ2n) is 7.13. The van der Waals surface area contributed by atoms with Crippen molar-refractivity contribution in [2.45, 2.75) is 51.6 Å². The molecule has 4 unspecified atom stereocenters. The molecule has 0 aromatic carbocycles. The van der Waals surface area contributed by atoms with E-state index in [-0.39, 0.29) is 11.8 Å². The van der Waals surface area contributed by atoms with Crippen LogP contribution in [0, 0.1) is 17.8 Å². The molecule has 4 nitrogen and oxygen atoms in total. The van der Waals surface area contributed by atoms with Crippen LogP contribution >= 0.6 is 0 Å². The first-order chi connectivity index (χ1) is 9.61. The molecule has 0 saturated carbocycles. The van der Waals surface area contributed by atoms with Crippen LogP contribution in [0.1, 0.15) is 39.5 Å². The lowest BCUT2D eigenvalue weighted by atomic mass is 9.73. The molecule has 4 saturated heterocycles. The predicted molar refractivity (Wildman–Crippen MR) is 80.2 cm³/mol. The van der Waals surface area contributed by atoms with Crippen molar-refractivity contribution in [1.82, 2.24) is 9.80 Å². The van der Waals surface area contributed by atoms with Crippen molar-refractivity contribution < 1.29 is 4.79 Å². The maximum Gasteiger partial charge on any atom is 0.220 e. The second kappa shape index (κ2) is 5.64. The number of amides is 1.